The van der Waals surface area contributed by atoms with E-state index in [1.807, 2.05) is 30.5 Å². The summed E-state index contributed by atoms with van der Waals surface area (Å²) < 4.78 is 0. The van der Waals surface area contributed by atoms with Crippen LogP contribution in [0, 0.1) is 0 Å². The number of piperazine rings is 1. The molecule has 3 rings (SSSR count). The molecule has 20 heavy (non-hydrogen) atoms. The second-order valence-electron chi connectivity index (χ2n) is 4.96. The lowest BCUT2D eigenvalue weighted by atomic mass is 10.2. The molecule has 1 aliphatic rings. The van der Waals surface area contributed by atoms with Crippen molar-refractivity contribution in [3.63, 3.8) is 0 Å². The van der Waals surface area contributed by atoms with Gasteiger partial charge in [0.2, 0.25) is 0 Å². The van der Waals surface area contributed by atoms with E-state index in [1.165, 1.54) is 5.69 Å². The maximum Gasteiger partial charge on any atom is 0.274 e. The molecule has 2 heterocycles. The number of nitrogen functional groups attached to an aromatic ring is 1. The van der Waals surface area contributed by atoms with Crippen molar-refractivity contribution in [1.82, 2.24) is 0 Å². The van der Waals surface area contributed by atoms with Crippen LogP contribution in [0.2, 0.25) is 5.02 Å². The Morgan fingerprint density at radius 3 is 2.15 bits per heavy atom. The first-order valence-electron chi connectivity index (χ1n) is 6.75. The molecule has 0 saturated carbocycles. The highest BCUT2D eigenvalue weighted by Crippen LogP contribution is 2.20. The smallest absolute Gasteiger partial charge is 0.274 e. The van der Waals surface area contributed by atoms with Gasteiger partial charge >= 0.3 is 0 Å². The predicted molar refractivity (Wildman–Crippen MR) is 83.3 cm³/mol. The lowest BCUT2D eigenvalue weighted by molar-refractivity contribution is -0.363. The summed E-state index contributed by atoms with van der Waals surface area (Å²) in [6, 6.07) is 12.0. The molecule has 1 fully saturated rings. The zero-order valence-electron chi connectivity index (χ0n) is 11.2. The molecule has 0 unspecified atom stereocenters. The molecule has 0 amide bonds. The van der Waals surface area contributed by atoms with Crippen molar-refractivity contribution in [3.8, 4) is 0 Å². The molecule has 1 aromatic carbocycles. The highest BCUT2D eigenvalue weighted by atomic mass is 35.5. The summed E-state index contributed by atoms with van der Waals surface area (Å²) >= 11 is 5.93. The summed E-state index contributed by atoms with van der Waals surface area (Å²) in [7, 11) is 0. The number of aromatic amines is 1. The van der Waals surface area contributed by atoms with Gasteiger partial charge in [-0.15, -0.1) is 0 Å². The Balaban J connectivity index is 1.64. The van der Waals surface area contributed by atoms with Crippen molar-refractivity contribution in [2.24, 2.45) is 0 Å². The summed E-state index contributed by atoms with van der Waals surface area (Å²) in [5, 5.41) is 0.781. The topological polar surface area (TPSA) is 46.6 Å². The largest absolute Gasteiger partial charge is 0.396 e. The number of hydrogen-bond acceptors (Lipinski definition) is 3. The van der Waals surface area contributed by atoms with Gasteiger partial charge in [-0.1, -0.05) is 11.6 Å². The molecule has 2 aromatic rings. The molecule has 0 bridgehead atoms. The van der Waals surface area contributed by atoms with E-state index in [0.29, 0.717) is 0 Å². The van der Waals surface area contributed by atoms with Crippen LogP contribution in [0.4, 0.5) is 17.2 Å². The summed E-state index contributed by atoms with van der Waals surface area (Å²) in [4.78, 5) is 7.95. The molecule has 0 aliphatic carbocycles. The van der Waals surface area contributed by atoms with Crippen LogP contribution in [0.25, 0.3) is 0 Å². The number of pyridine rings is 1. The fourth-order valence-electron chi connectivity index (χ4n) is 2.48. The van der Waals surface area contributed by atoms with E-state index < -0.39 is 0 Å². The number of benzene rings is 1. The molecule has 1 saturated heterocycles. The van der Waals surface area contributed by atoms with E-state index in [9.17, 15) is 0 Å². The molecule has 0 atom stereocenters. The van der Waals surface area contributed by atoms with Crippen LogP contribution in [0.5, 0.6) is 0 Å². The quantitative estimate of drug-likeness (QED) is 0.920. The zero-order valence-corrected chi connectivity index (χ0v) is 12.0. The second kappa shape index (κ2) is 5.59. The number of H-pyrrole nitrogens is 1. The average Bonchev–Trinajstić information content (AvgIpc) is 2.49. The van der Waals surface area contributed by atoms with E-state index in [-0.39, 0.29) is 0 Å². The van der Waals surface area contributed by atoms with Crippen molar-refractivity contribution in [2.75, 3.05) is 41.7 Å². The zero-order chi connectivity index (χ0) is 13.9. The summed E-state index contributed by atoms with van der Waals surface area (Å²) in [6.45, 7) is 3.98. The van der Waals surface area contributed by atoms with E-state index >= 15 is 0 Å². The molecule has 104 valence electrons. The first-order chi connectivity index (χ1) is 9.72. The Hall–Kier alpha value is -1.94. The molecule has 1 aliphatic heterocycles. The Morgan fingerprint density at radius 1 is 0.900 bits per heavy atom. The van der Waals surface area contributed by atoms with Crippen LogP contribution in [0.1, 0.15) is 0 Å². The maximum atomic E-state index is 5.93. The lowest BCUT2D eigenvalue weighted by Crippen LogP contribution is -2.48. The molecule has 4 nitrogen and oxygen atoms in total. The Morgan fingerprint density at radius 2 is 1.55 bits per heavy atom. The third-order valence-electron chi connectivity index (χ3n) is 3.63. The first-order valence-corrected chi connectivity index (χ1v) is 7.13. The van der Waals surface area contributed by atoms with Crippen molar-refractivity contribution < 1.29 is 4.98 Å². The number of halogens is 1. The van der Waals surface area contributed by atoms with Gasteiger partial charge in [0.15, 0.2) is 0 Å². The standard InChI is InChI=1S/C15H17ClN4/c16-12-1-4-14(5-2-12)19-7-9-20(10-8-19)15-6-3-13(17)11-18-15/h1-6,11H,7-10,17H2/p+1. The predicted octanol–water partition coefficient (Wildman–Crippen LogP) is 2.06. The van der Waals surface area contributed by atoms with E-state index in [4.69, 9.17) is 17.3 Å². The number of rotatable bonds is 2. The SMILES string of the molecule is Nc1ccc(N2CCN(c3ccc(Cl)cc3)CC2)[nH+]c1. The summed E-state index contributed by atoms with van der Waals surface area (Å²) in [6.07, 6.45) is 1.83. The van der Waals surface area contributed by atoms with Gasteiger partial charge < -0.3 is 10.6 Å². The third-order valence-corrected chi connectivity index (χ3v) is 3.88. The van der Waals surface area contributed by atoms with Crippen LogP contribution in [-0.2, 0) is 0 Å². The monoisotopic (exact) mass is 289 g/mol. The second-order valence-corrected chi connectivity index (χ2v) is 5.39. The number of nitrogens with one attached hydrogen (secondary N) is 1. The van der Waals surface area contributed by atoms with Crippen molar-refractivity contribution in [1.29, 1.82) is 0 Å². The number of anilines is 3. The van der Waals surface area contributed by atoms with Crippen molar-refractivity contribution in [3.05, 3.63) is 47.6 Å². The van der Waals surface area contributed by atoms with E-state index in [1.54, 1.807) is 0 Å². The van der Waals surface area contributed by atoms with E-state index in [0.717, 1.165) is 42.7 Å². The Kier molecular flexibility index (Phi) is 3.65. The van der Waals surface area contributed by atoms with Gasteiger partial charge in [0.25, 0.3) is 5.82 Å². The minimum Gasteiger partial charge on any atom is -0.396 e. The highest BCUT2D eigenvalue weighted by molar-refractivity contribution is 6.30. The van der Waals surface area contributed by atoms with Gasteiger partial charge in [-0.2, -0.15) is 0 Å². The fourth-order valence-corrected chi connectivity index (χ4v) is 2.61. The van der Waals surface area contributed by atoms with Crippen LogP contribution in [0.3, 0.4) is 0 Å². The van der Waals surface area contributed by atoms with Crippen LogP contribution < -0.4 is 20.5 Å². The molecule has 1 aromatic heterocycles. The molecule has 3 N–H and O–H groups in total. The lowest BCUT2D eigenvalue weighted by Gasteiger charge is -2.32. The summed E-state index contributed by atoms with van der Waals surface area (Å²) in [5.74, 6) is 1.12. The molecule has 0 radical (unpaired) electrons. The molecular formula is C15H18ClN4+. The van der Waals surface area contributed by atoms with Crippen LogP contribution >= 0.6 is 11.6 Å². The number of nitrogens with two attached hydrogens (primary N) is 1. The third kappa shape index (κ3) is 2.80. The van der Waals surface area contributed by atoms with Gasteiger partial charge in [-0.05, 0) is 30.3 Å². The van der Waals surface area contributed by atoms with Gasteiger partial charge in [-0.25, -0.2) is 4.98 Å². The average molecular weight is 290 g/mol. The Bertz CT molecular complexity index is 506. The van der Waals surface area contributed by atoms with Crippen molar-refractivity contribution >= 4 is 28.8 Å². The fraction of sp³-hybridized carbons (Fsp3) is 0.267. The molecular weight excluding hydrogens is 272 g/mol. The maximum absolute atomic E-state index is 5.93. The van der Waals surface area contributed by atoms with Gasteiger partial charge in [0.05, 0.1) is 18.8 Å². The normalized spacial score (nSPS) is 15.4. The first kappa shape index (κ1) is 13.1. The van der Waals surface area contributed by atoms with Gasteiger partial charge in [-0.3, -0.25) is 4.90 Å². The molecule has 5 heteroatoms. The van der Waals surface area contributed by atoms with Crippen LogP contribution in [0.15, 0.2) is 42.6 Å². The van der Waals surface area contributed by atoms with Gasteiger partial charge in [0, 0.05) is 16.8 Å². The highest BCUT2D eigenvalue weighted by Gasteiger charge is 2.23. The molecule has 0 spiro atoms. The summed E-state index contributed by atoms with van der Waals surface area (Å²) in [5.41, 5.74) is 7.69. The van der Waals surface area contributed by atoms with Crippen LogP contribution in [-0.4, -0.2) is 26.2 Å². The Labute approximate surface area is 123 Å². The minimum absolute atomic E-state index is 0.758. The van der Waals surface area contributed by atoms with Crippen molar-refractivity contribution in [2.45, 2.75) is 0 Å². The number of nitrogens with zero attached hydrogens (tertiary/aromatic N) is 2. The van der Waals surface area contributed by atoms with E-state index in [2.05, 4.69) is 26.9 Å². The number of aromatic nitrogens is 1. The number of hydrogen-bond donors (Lipinski definition) is 1. The van der Waals surface area contributed by atoms with Gasteiger partial charge in [0.1, 0.15) is 19.3 Å². The minimum atomic E-state index is 0.758.